The maximum atomic E-state index is 12.6. The quantitative estimate of drug-likeness (QED) is 0.179. The average molecular weight is 785 g/mol. The van der Waals surface area contributed by atoms with Crippen molar-refractivity contribution in [2.75, 3.05) is 51.5 Å². The summed E-state index contributed by atoms with van der Waals surface area (Å²) in [4.78, 5) is 99.4. The minimum absolute atomic E-state index is 0.106. The molecule has 2 unspecified atom stereocenters. The molecule has 0 aromatic carbocycles. The predicted molar refractivity (Wildman–Crippen MR) is 192 cm³/mol. The molecule has 4 amide bonds. The molecule has 1 rings (SSSR count). The van der Waals surface area contributed by atoms with Crippen molar-refractivity contribution >= 4 is 90.7 Å². The Morgan fingerprint density at radius 2 is 0.620 bits per heavy atom. The lowest BCUT2D eigenvalue weighted by atomic mass is 10.1. The summed E-state index contributed by atoms with van der Waals surface area (Å²) in [6.07, 6.45) is 3.27. The first-order chi connectivity index (χ1) is 23.9. The van der Waals surface area contributed by atoms with Gasteiger partial charge < -0.3 is 40.2 Å². The van der Waals surface area contributed by atoms with Crippen LogP contribution in [-0.2, 0) is 57.3 Å². The number of hydrogen-bond donors (Lipinski definition) is 4. The van der Waals surface area contributed by atoms with Crippen LogP contribution in [0.2, 0.25) is 0 Å². The van der Waals surface area contributed by atoms with Gasteiger partial charge in [-0.3, -0.25) is 19.2 Å². The van der Waals surface area contributed by atoms with Gasteiger partial charge in [0, 0.05) is 48.7 Å². The Balaban J connectivity index is 2.94. The summed E-state index contributed by atoms with van der Waals surface area (Å²) < 4.78 is 19.3. The zero-order valence-electron chi connectivity index (χ0n) is 28.7. The van der Waals surface area contributed by atoms with Gasteiger partial charge in [-0.2, -0.15) is 0 Å². The molecule has 4 atom stereocenters. The molecule has 1 aliphatic heterocycles. The minimum Gasteiger partial charge on any atom is -0.467 e. The molecular formula is C30H48N4O12S4. The first-order valence-electron chi connectivity index (χ1n) is 15.9. The number of rotatable bonds is 4. The van der Waals surface area contributed by atoms with Gasteiger partial charge in [0.25, 0.3) is 0 Å². The fourth-order valence-corrected chi connectivity index (χ4v) is 8.86. The summed E-state index contributed by atoms with van der Waals surface area (Å²) in [7, 11) is 9.68. The number of esters is 4. The third-order valence-corrected chi connectivity index (χ3v) is 11.8. The highest BCUT2D eigenvalue weighted by atomic mass is 33.1. The molecule has 20 heteroatoms. The van der Waals surface area contributed by atoms with E-state index in [4.69, 9.17) is 18.9 Å². The molecule has 0 radical (unpaired) electrons. The molecule has 0 aliphatic carbocycles. The normalized spacial score (nSPS) is 24.1. The Labute approximate surface area is 308 Å². The summed E-state index contributed by atoms with van der Waals surface area (Å²) in [5.74, 6) is -3.48. The zero-order chi connectivity index (χ0) is 37.3. The molecule has 1 fully saturated rings. The third kappa shape index (κ3) is 19.5. The van der Waals surface area contributed by atoms with Crippen molar-refractivity contribution in [1.29, 1.82) is 0 Å². The fourth-order valence-electron chi connectivity index (χ4n) is 4.27. The smallest absolute Gasteiger partial charge is 0.329 e. The van der Waals surface area contributed by atoms with Crippen LogP contribution >= 0.6 is 43.2 Å². The highest BCUT2D eigenvalue weighted by Gasteiger charge is 2.26. The number of methoxy groups -OCH3 is 4. The average Bonchev–Trinajstić information content (AvgIpc) is 3.10. The summed E-state index contributed by atoms with van der Waals surface area (Å²) in [5.41, 5.74) is 0. The van der Waals surface area contributed by atoms with Gasteiger partial charge in [0.15, 0.2) is 0 Å². The van der Waals surface area contributed by atoms with Crippen LogP contribution in [0.5, 0.6) is 0 Å². The largest absolute Gasteiger partial charge is 0.467 e. The molecule has 16 nitrogen and oxygen atoms in total. The van der Waals surface area contributed by atoms with E-state index < -0.39 is 48.0 Å². The maximum Gasteiger partial charge on any atom is 0.329 e. The number of carbonyl (C=O) groups is 8. The van der Waals surface area contributed by atoms with Crippen molar-refractivity contribution in [3.8, 4) is 0 Å². The highest BCUT2D eigenvalue weighted by Crippen LogP contribution is 2.25. The topological polar surface area (TPSA) is 222 Å². The number of nitrogens with one attached hydrogen (secondary N) is 4. The monoisotopic (exact) mass is 784 g/mol. The van der Waals surface area contributed by atoms with Crippen LogP contribution in [0.25, 0.3) is 0 Å². The van der Waals surface area contributed by atoms with Gasteiger partial charge in [-0.15, -0.1) is 0 Å². The van der Waals surface area contributed by atoms with Crippen LogP contribution in [0.4, 0.5) is 0 Å². The molecule has 1 saturated heterocycles. The van der Waals surface area contributed by atoms with E-state index in [0.29, 0.717) is 38.5 Å². The van der Waals surface area contributed by atoms with Crippen LogP contribution in [0.15, 0.2) is 0 Å². The lowest BCUT2D eigenvalue weighted by molar-refractivity contribution is -0.144. The molecule has 1 heterocycles. The van der Waals surface area contributed by atoms with E-state index in [1.165, 1.54) is 71.6 Å². The van der Waals surface area contributed by atoms with Gasteiger partial charge in [-0.25, -0.2) is 19.2 Å². The van der Waals surface area contributed by atoms with Gasteiger partial charge >= 0.3 is 23.9 Å². The van der Waals surface area contributed by atoms with Crippen LogP contribution in [0, 0.1) is 0 Å². The number of carbonyl (C=O) groups excluding carboxylic acids is 8. The van der Waals surface area contributed by atoms with E-state index in [0.717, 1.165) is 0 Å². The molecule has 1 aliphatic rings. The van der Waals surface area contributed by atoms with E-state index in [1.807, 2.05) is 0 Å². The molecule has 4 N–H and O–H groups in total. The lowest BCUT2D eigenvalue weighted by Gasteiger charge is -2.18. The van der Waals surface area contributed by atoms with Crippen molar-refractivity contribution < 1.29 is 57.3 Å². The van der Waals surface area contributed by atoms with E-state index in [2.05, 4.69) is 21.3 Å². The number of ether oxygens (including phenoxy) is 4. The highest BCUT2D eigenvalue weighted by molar-refractivity contribution is 8.77. The Kier molecular flexibility index (Phi) is 24.3. The molecule has 0 bridgehead atoms. The third-order valence-electron chi connectivity index (χ3n) is 7.00. The number of hydrogen-bond acceptors (Lipinski definition) is 16. The van der Waals surface area contributed by atoms with Crippen LogP contribution in [-0.4, -0.2) is 123 Å². The zero-order valence-corrected chi connectivity index (χ0v) is 32.0. The fraction of sp³-hybridized carbons (Fsp3) is 0.733. The van der Waals surface area contributed by atoms with Gasteiger partial charge in [-0.05, 0) is 25.7 Å². The molecule has 0 saturated carbocycles. The van der Waals surface area contributed by atoms with Crippen molar-refractivity contribution in [2.45, 2.75) is 88.4 Å². The predicted octanol–water partition coefficient (Wildman–Crippen LogP) is 1.30. The summed E-state index contributed by atoms with van der Waals surface area (Å²) in [5, 5.41) is 10.6. The van der Waals surface area contributed by atoms with E-state index in [1.54, 1.807) is 0 Å². The Morgan fingerprint density at radius 1 is 0.420 bits per heavy atom. The number of amides is 4. The van der Waals surface area contributed by atoms with Crippen molar-refractivity contribution in [3.63, 3.8) is 0 Å². The van der Waals surface area contributed by atoms with Gasteiger partial charge in [0.2, 0.25) is 23.6 Å². The Hall–Kier alpha value is -2.84. The van der Waals surface area contributed by atoms with Gasteiger partial charge in [-0.1, -0.05) is 56.0 Å². The van der Waals surface area contributed by atoms with Gasteiger partial charge in [0.1, 0.15) is 24.2 Å². The summed E-state index contributed by atoms with van der Waals surface area (Å²) in [6.45, 7) is 0. The van der Waals surface area contributed by atoms with E-state index in [9.17, 15) is 38.4 Å². The SMILES string of the molecule is COC(=O)C1CSSC[C@@H](C(=O)OC)NC(=O)CCCCCC(=O)NC(C(=O)OC)CSSC[C@@H](C(=O)OC)NC(=O)CCCCCC(=O)N1. The van der Waals surface area contributed by atoms with Crippen molar-refractivity contribution in [3.05, 3.63) is 0 Å². The van der Waals surface area contributed by atoms with E-state index in [-0.39, 0.29) is 72.3 Å². The first kappa shape index (κ1) is 45.2. The molecule has 0 aromatic rings. The second-order valence-corrected chi connectivity index (χ2v) is 15.9. The molecule has 0 spiro atoms. The van der Waals surface area contributed by atoms with Crippen LogP contribution < -0.4 is 21.3 Å². The van der Waals surface area contributed by atoms with E-state index >= 15 is 0 Å². The second-order valence-electron chi connectivity index (χ2n) is 10.8. The van der Waals surface area contributed by atoms with Gasteiger partial charge in [0.05, 0.1) is 28.4 Å². The molecule has 284 valence electrons. The molecule has 50 heavy (non-hydrogen) atoms. The second kappa shape index (κ2) is 26.9. The molecular weight excluding hydrogens is 737 g/mol. The van der Waals surface area contributed by atoms with Crippen molar-refractivity contribution in [1.82, 2.24) is 21.3 Å². The van der Waals surface area contributed by atoms with Crippen LogP contribution in [0.1, 0.15) is 64.2 Å². The van der Waals surface area contributed by atoms with Crippen molar-refractivity contribution in [2.24, 2.45) is 0 Å². The maximum absolute atomic E-state index is 12.6. The Bertz CT molecular complexity index is 979. The lowest BCUT2D eigenvalue weighted by Crippen LogP contribution is -2.44. The summed E-state index contributed by atoms with van der Waals surface area (Å²) >= 11 is 0. The Morgan fingerprint density at radius 3 is 0.800 bits per heavy atom. The minimum atomic E-state index is -0.943. The molecule has 0 aromatic heterocycles. The van der Waals surface area contributed by atoms with Crippen LogP contribution in [0.3, 0.4) is 0 Å². The summed E-state index contributed by atoms with van der Waals surface area (Å²) in [6, 6.07) is -3.77. The first-order valence-corrected chi connectivity index (χ1v) is 20.9. The standard InChI is InChI=1S/C30H48N4O12S4/c1-43-27(39)19-15-47-48-16-20(28(40)44-2)32-24(36)13-9-6-10-14-26(38)34-22(30(42)46-4)18-50-49-17-21(29(41)45-3)33-25(37)12-8-5-7-11-23(35)31-19/h19-22H,5-18H2,1-4H3,(H,31,35)(H,32,36)(H,33,37)(H,34,38)/t19-,20?,21?,22-/m0/s1.